The maximum absolute atomic E-state index is 4.60. The van der Waals surface area contributed by atoms with E-state index in [1.54, 1.807) is 0 Å². The van der Waals surface area contributed by atoms with Crippen LogP contribution in [0.1, 0.15) is 51.8 Å². The number of hydrogen-bond donors (Lipinski definition) is 1. The number of pyridine rings is 1. The van der Waals surface area contributed by atoms with Crippen molar-refractivity contribution in [1.82, 2.24) is 15.2 Å². The fraction of sp³-hybridized carbons (Fsp3) is 0.368. The second kappa shape index (κ2) is 5.24. The van der Waals surface area contributed by atoms with Crippen molar-refractivity contribution < 1.29 is 0 Å². The van der Waals surface area contributed by atoms with Crippen molar-refractivity contribution >= 4 is 10.8 Å². The number of hydrogen-bond acceptors (Lipinski definition) is 2. The second-order valence-corrected chi connectivity index (χ2v) is 7.21. The molecular formula is C19H23N3. The smallest absolute Gasteiger partial charge is 0.0958 e. The van der Waals surface area contributed by atoms with Crippen molar-refractivity contribution in [3.63, 3.8) is 0 Å². The molecule has 0 spiro atoms. The van der Waals surface area contributed by atoms with Crippen LogP contribution in [0.4, 0.5) is 0 Å². The minimum atomic E-state index is 0.0302. The lowest BCUT2D eigenvalue weighted by atomic mass is 9.92. The van der Waals surface area contributed by atoms with Crippen LogP contribution in [0.25, 0.3) is 22.2 Å². The van der Waals surface area contributed by atoms with Gasteiger partial charge in [0.2, 0.25) is 0 Å². The molecule has 2 heterocycles. The number of rotatable bonds is 2. The molecule has 0 aliphatic heterocycles. The molecule has 3 heteroatoms. The van der Waals surface area contributed by atoms with E-state index < -0.39 is 0 Å². The van der Waals surface area contributed by atoms with Crippen molar-refractivity contribution in [2.24, 2.45) is 0 Å². The molecule has 3 nitrogen and oxygen atoms in total. The molecule has 0 atom stereocenters. The van der Waals surface area contributed by atoms with E-state index in [0.717, 1.165) is 17.1 Å². The van der Waals surface area contributed by atoms with E-state index in [2.05, 4.69) is 80.1 Å². The van der Waals surface area contributed by atoms with Crippen LogP contribution in [0.2, 0.25) is 0 Å². The molecular weight excluding hydrogens is 270 g/mol. The minimum Gasteiger partial charge on any atom is -0.276 e. The Morgan fingerprint density at radius 1 is 1.05 bits per heavy atom. The minimum absolute atomic E-state index is 0.0302. The van der Waals surface area contributed by atoms with Gasteiger partial charge in [0.05, 0.1) is 17.1 Å². The summed E-state index contributed by atoms with van der Waals surface area (Å²) in [6, 6.07) is 10.8. The van der Waals surface area contributed by atoms with Gasteiger partial charge >= 0.3 is 0 Å². The number of aromatic nitrogens is 3. The molecule has 0 radical (unpaired) electrons. The van der Waals surface area contributed by atoms with Gasteiger partial charge in [-0.1, -0.05) is 46.8 Å². The van der Waals surface area contributed by atoms with Gasteiger partial charge in [-0.15, -0.1) is 0 Å². The lowest BCUT2D eigenvalue weighted by molar-refractivity contribution is 0.567. The summed E-state index contributed by atoms with van der Waals surface area (Å²) in [5, 5.41) is 10.0. The molecule has 0 saturated carbocycles. The zero-order valence-corrected chi connectivity index (χ0v) is 13.9. The molecule has 2 aromatic heterocycles. The number of nitrogens with one attached hydrogen (secondary N) is 1. The van der Waals surface area contributed by atoms with E-state index in [-0.39, 0.29) is 5.41 Å². The van der Waals surface area contributed by atoms with E-state index in [0.29, 0.717) is 5.92 Å². The standard InChI is InChI=1S/C19H23N3/c1-12(2)14-7-6-13-8-9-20-18(15(13)10-14)16-11-17(22-21-16)19(3,4)5/h6-12H,1-5H3,(H,21,22). The van der Waals surface area contributed by atoms with E-state index in [1.165, 1.54) is 16.3 Å². The summed E-state index contributed by atoms with van der Waals surface area (Å²) >= 11 is 0. The van der Waals surface area contributed by atoms with Crippen molar-refractivity contribution in [1.29, 1.82) is 0 Å². The number of nitrogens with zero attached hydrogens (tertiary/aromatic N) is 2. The zero-order chi connectivity index (χ0) is 15.9. The van der Waals surface area contributed by atoms with Crippen LogP contribution in [0.3, 0.4) is 0 Å². The third-order valence-corrected chi connectivity index (χ3v) is 4.06. The first-order chi connectivity index (χ1) is 10.4. The molecule has 3 aromatic rings. The third kappa shape index (κ3) is 2.63. The van der Waals surface area contributed by atoms with Gasteiger partial charge in [0.15, 0.2) is 0 Å². The molecule has 1 N–H and O–H groups in total. The molecule has 0 bridgehead atoms. The van der Waals surface area contributed by atoms with Gasteiger partial charge in [0.25, 0.3) is 0 Å². The van der Waals surface area contributed by atoms with Gasteiger partial charge in [-0.3, -0.25) is 10.1 Å². The van der Waals surface area contributed by atoms with Crippen LogP contribution in [-0.2, 0) is 5.41 Å². The van der Waals surface area contributed by atoms with Gasteiger partial charge in [0, 0.05) is 17.0 Å². The fourth-order valence-electron chi connectivity index (χ4n) is 2.59. The number of aromatic amines is 1. The lowest BCUT2D eigenvalue weighted by Crippen LogP contribution is -2.11. The van der Waals surface area contributed by atoms with Crippen molar-refractivity contribution in [2.75, 3.05) is 0 Å². The van der Waals surface area contributed by atoms with Gasteiger partial charge in [0.1, 0.15) is 0 Å². The van der Waals surface area contributed by atoms with Crippen LogP contribution in [-0.4, -0.2) is 15.2 Å². The molecule has 22 heavy (non-hydrogen) atoms. The average Bonchev–Trinajstić information content (AvgIpc) is 2.95. The van der Waals surface area contributed by atoms with Crippen LogP contribution >= 0.6 is 0 Å². The van der Waals surface area contributed by atoms with Crippen LogP contribution in [0.15, 0.2) is 36.5 Å². The van der Waals surface area contributed by atoms with E-state index in [1.807, 2.05) is 6.20 Å². The second-order valence-electron chi connectivity index (χ2n) is 7.21. The van der Waals surface area contributed by atoms with Gasteiger partial charge in [-0.2, -0.15) is 5.10 Å². The zero-order valence-electron chi connectivity index (χ0n) is 13.9. The summed E-state index contributed by atoms with van der Waals surface area (Å²) in [4.78, 5) is 4.60. The Morgan fingerprint density at radius 2 is 1.82 bits per heavy atom. The highest BCUT2D eigenvalue weighted by atomic mass is 15.1. The van der Waals surface area contributed by atoms with E-state index in [4.69, 9.17) is 0 Å². The maximum Gasteiger partial charge on any atom is 0.0958 e. The number of benzene rings is 1. The first-order valence-corrected chi connectivity index (χ1v) is 7.81. The Labute approximate surface area is 131 Å². The third-order valence-electron chi connectivity index (χ3n) is 4.06. The summed E-state index contributed by atoms with van der Waals surface area (Å²) in [7, 11) is 0. The quantitative estimate of drug-likeness (QED) is 0.718. The summed E-state index contributed by atoms with van der Waals surface area (Å²) in [6.07, 6.45) is 1.87. The highest BCUT2D eigenvalue weighted by Gasteiger charge is 2.19. The highest BCUT2D eigenvalue weighted by Crippen LogP contribution is 2.30. The van der Waals surface area contributed by atoms with Crippen LogP contribution in [0, 0.1) is 0 Å². The Kier molecular flexibility index (Phi) is 3.51. The molecule has 0 unspecified atom stereocenters. The SMILES string of the molecule is CC(C)c1ccc2ccnc(-c3cc(C(C)(C)C)n[nH]3)c2c1. The Balaban J connectivity index is 2.18. The van der Waals surface area contributed by atoms with Crippen LogP contribution < -0.4 is 0 Å². The van der Waals surface area contributed by atoms with Gasteiger partial charge < -0.3 is 0 Å². The molecule has 114 valence electrons. The first kappa shape index (κ1) is 14.8. The van der Waals surface area contributed by atoms with E-state index >= 15 is 0 Å². The van der Waals surface area contributed by atoms with Crippen molar-refractivity contribution in [2.45, 2.75) is 46.0 Å². The normalized spacial score (nSPS) is 12.3. The average molecular weight is 293 g/mol. The molecule has 0 fully saturated rings. The molecule has 0 saturated heterocycles. The summed E-state index contributed by atoms with van der Waals surface area (Å²) in [6.45, 7) is 10.9. The topological polar surface area (TPSA) is 41.6 Å². The number of H-pyrrole nitrogens is 1. The predicted octanol–water partition coefficient (Wildman–Crippen LogP) is 5.05. The van der Waals surface area contributed by atoms with Gasteiger partial charge in [-0.05, 0) is 35.1 Å². The lowest BCUT2D eigenvalue weighted by Gasteiger charge is -2.13. The fourth-order valence-corrected chi connectivity index (χ4v) is 2.59. The molecule has 1 aromatic carbocycles. The molecule has 0 aliphatic rings. The first-order valence-electron chi connectivity index (χ1n) is 7.81. The monoisotopic (exact) mass is 293 g/mol. The van der Waals surface area contributed by atoms with E-state index in [9.17, 15) is 0 Å². The molecule has 0 amide bonds. The Bertz CT molecular complexity index is 807. The molecule has 3 rings (SSSR count). The largest absolute Gasteiger partial charge is 0.276 e. The molecule has 0 aliphatic carbocycles. The maximum atomic E-state index is 4.60. The predicted molar refractivity (Wildman–Crippen MR) is 92.1 cm³/mol. The highest BCUT2D eigenvalue weighted by molar-refractivity contribution is 5.94. The summed E-state index contributed by atoms with van der Waals surface area (Å²) in [5.74, 6) is 0.504. The van der Waals surface area contributed by atoms with Crippen molar-refractivity contribution in [3.05, 3.63) is 47.8 Å². The summed E-state index contributed by atoms with van der Waals surface area (Å²) < 4.78 is 0. The summed E-state index contributed by atoms with van der Waals surface area (Å²) in [5.41, 5.74) is 4.38. The number of fused-ring (bicyclic) bond motifs is 1. The Morgan fingerprint density at radius 3 is 2.45 bits per heavy atom. The van der Waals surface area contributed by atoms with Crippen molar-refractivity contribution in [3.8, 4) is 11.4 Å². The van der Waals surface area contributed by atoms with Gasteiger partial charge in [-0.25, -0.2) is 0 Å². The van der Waals surface area contributed by atoms with Crippen LogP contribution in [0.5, 0.6) is 0 Å². The Hall–Kier alpha value is -2.16.